The van der Waals surface area contributed by atoms with Crippen LogP contribution in [0.25, 0.3) is 0 Å². The summed E-state index contributed by atoms with van der Waals surface area (Å²) < 4.78 is 59.3. The topological polar surface area (TPSA) is 113 Å². The van der Waals surface area contributed by atoms with Gasteiger partial charge in [0, 0.05) is 31.9 Å². The summed E-state index contributed by atoms with van der Waals surface area (Å²) in [4.78, 5) is 13.2. The van der Waals surface area contributed by atoms with Gasteiger partial charge in [0.25, 0.3) is 0 Å². The Hall–Kier alpha value is -2.47. The van der Waals surface area contributed by atoms with Crippen molar-refractivity contribution in [3.05, 3.63) is 48.5 Å². The summed E-state index contributed by atoms with van der Waals surface area (Å²) in [6.45, 7) is 1.49. The molecule has 2 saturated heterocycles. The summed E-state index contributed by atoms with van der Waals surface area (Å²) in [5, 5.41) is 2.80. The third kappa shape index (κ3) is 5.12. The van der Waals surface area contributed by atoms with Gasteiger partial charge in [-0.25, -0.2) is 16.8 Å². The highest BCUT2D eigenvalue weighted by atomic mass is 32.2. The molecule has 11 heteroatoms. The molecule has 9 nitrogen and oxygen atoms in total. The molecular weight excluding hydrogens is 478 g/mol. The second-order valence-corrected chi connectivity index (χ2v) is 12.4. The van der Waals surface area contributed by atoms with E-state index in [0.29, 0.717) is 43.9 Å². The number of amides is 1. The molecule has 0 bridgehead atoms. The van der Waals surface area contributed by atoms with Crippen LogP contribution in [0.15, 0.2) is 58.3 Å². The number of nitrogens with one attached hydrogen (secondary N) is 1. The fourth-order valence-electron chi connectivity index (χ4n) is 4.30. The number of nitrogens with zero attached hydrogens (tertiary/aromatic N) is 2. The van der Waals surface area contributed by atoms with E-state index in [-0.39, 0.29) is 22.2 Å². The quantitative estimate of drug-likeness (QED) is 0.616. The largest absolute Gasteiger partial charge is 0.497 e. The van der Waals surface area contributed by atoms with Crippen molar-refractivity contribution >= 4 is 31.6 Å². The summed E-state index contributed by atoms with van der Waals surface area (Å²) in [6, 6.07) is 12.3. The van der Waals surface area contributed by atoms with Gasteiger partial charge in [0.05, 0.1) is 22.8 Å². The van der Waals surface area contributed by atoms with E-state index in [9.17, 15) is 21.6 Å². The van der Waals surface area contributed by atoms with E-state index in [2.05, 4.69) is 5.32 Å². The Kier molecular flexibility index (Phi) is 7.27. The first-order chi connectivity index (χ1) is 16.2. The molecule has 0 unspecified atom stereocenters. The van der Waals surface area contributed by atoms with Crippen molar-refractivity contribution in [1.82, 2.24) is 8.61 Å². The molecule has 0 spiro atoms. The zero-order chi connectivity index (χ0) is 24.3. The van der Waals surface area contributed by atoms with Crippen LogP contribution < -0.4 is 10.1 Å². The molecule has 0 aliphatic carbocycles. The van der Waals surface area contributed by atoms with Gasteiger partial charge in [-0.2, -0.15) is 8.61 Å². The summed E-state index contributed by atoms with van der Waals surface area (Å²) in [7, 11) is -5.74. The summed E-state index contributed by atoms with van der Waals surface area (Å²) in [6.07, 6.45) is 2.86. The number of hydrogen-bond acceptors (Lipinski definition) is 6. The van der Waals surface area contributed by atoms with Crippen LogP contribution in [0, 0.1) is 5.92 Å². The number of sulfonamides is 2. The minimum Gasteiger partial charge on any atom is -0.497 e. The van der Waals surface area contributed by atoms with Gasteiger partial charge < -0.3 is 10.1 Å². The van der Waals surface area contributed by atoms with E-state index < -0.39 is 26.0 Å². The van der Waals surface area contributed by atoms with Crippen LogP contribution in [0.1, 0.15) is 25.7 Å². The molecule has 2 heterocycles. The lowest BCUT2D eigenvalue weighted by Crippen LogP contribution is -2.43. The highest BCUT2D eigenvalue weighted by molar-refractivity contribution is 7.89. The Bertz CT molecular complexity index is 1220. The molecule has 2 fully saturated rings. The highest BCUT2D eigenvalue weighted by Gasteiger charge is 2.33. The van der Waals surface area contributed by atoms with Gasteiger partial charge in [0.1, 0.15) is 5.75 Å². The van der Waals surface area contributed by atoms with Gasteiger partial charge in [0.15, 0.2) is 0 Å². The normalized spacial score (nSPS) is 20.2. The predicted molar refractivity (Wildman–Crippen MR) is 128 cm³/mol. The lowest BCUT2D eigenvalue weighted by Gasteiger charge is -2.31. The van der Waals surface area contributed by atoms with Crippen molar-refractivity contribution in [3.8, 4) is 5.75 Å². The van der Waals surface area contributed by atoms with Crippen molar-refractivity contribution in [1.29, 1.82) is 0 Å². The van der Waals surface area contributed by atoms with Crippen LogP contribution in [0.4, 0.5) is 5.69 Å². The monoisotopic (exact) mass is 507 g/mol. The van der Waals surface area contributed by atoms with E-state index in [4.69, 9.17) is 4.74 Å². The molecule has 2 aromatic carbocycles. The Morgan fingerprint density at radius 2 is 1.35 bits per heavy atom. The first kappa shape index (κ1) is 24.6. The molecule has 2 aliphatic heterocycles. The Balaban J connectivity index is 1.41. The lowest BCUT2D eigenvalue weighted by molar-refractivity contribution is -0.120. The van der Waals surface area contributed by atoms with Crippen molar-refractivity contribution in [2.24, 2.45) is 5.92 Å². The van der Waals surface area contributed by atoms with Gasteiger partial charge in [0.2, 0.25) is 26.0 Å². The van der Waals surface area contributed by atoms with E-state index >= 15 is 0 Å². The second kappa shape index (κ2) is 10.0. The summed E-state index contributed by atoms with van der Waals surface area (Å²) in [5.74, 6) is -0.228. The number of piperidine rings is 1. The van der Waals surface area contributed by atoms with Gasteiger partial charge in [-0.3, -0.25) is 4.79 Å². The van der Waals surface area contributed by atoms with Crippen molar-refractivity contribution < 1.29 is 26.4 Å². The van der Waals surface area contributed by atoms with Gasteiger partial charge in [-0.1, -0.05) is 0 Å². The number of carbonyl (C=O) groups excluding carboxylic acids is 1. The number of rotatable bonds is 7. The number of benzene rings is 2. The zero-order valence-electron chi connectivity index (χ0n) is 19.0. The van der Waals surface area contributed by atoms with Crippen LogP contribution in [0.3, 0.4) is 0 Å². The van der Waals surface area contributed by atoms with Crippen molar-refractivity contribution in [3.63, 3.8) is 0 Å². The molecule has 4 rings (SSSR count). The molecule has 0 aromatic heterocycles. The van der Waals surface area contributed by atoms with Crippen LogP contribution in [0.5, 0.6) is 5.75 Å². The maximum Gasteiger partial charge on any atom is 0.243 e. The van der Waals surface area contributed by atoms with Crippen LogP contribution in [0.2, 0.25) is 0 Å². The summed E-state index contributed by atoms with van der Waals surface area (Å²) in [5.41, 5.74) is 0.473. The third-order valence-electron chi connectivity index (χ3n) is 6.28. The molecule has 34 heavy (non-hydrogen) atoms. The fourth-order valence-corrected chi connectivity index (χ4v) is 7.34. The molecule has 2 aromatic rings. The fraction of sp³-hybridized carbons (Fsp3) is 0.435. The number of ether oxygens (including phenoxy) is 1. The predicted octanol–water partition coefficient (Wildman–Crippen LogP) is 2.52. The van der Waals surface area contributed by atoms with E-state index in [0.717, 1.165) is 12.8 Å². The standard InChI is InChI=1S/C23H29N3O6S2/c1-32-20-8-12-22(13-9-20)34(30,31)26-16-4-5-18(17-26)23(27)24-19-6-10-21(11-7-19)33(28,29)25-14-2-3-15-25/h6-13,18H,2-5,14-17H2,1H3,(H,24,27)/t18-/m0/s1. The number of carbonyl (C=O) groups is 1. The first-order valence-electron chi connectivity index (χ1n) is 11.3. The van der Waals surface area contributed by atoms with Gasteiger partial charge >= 0.3 is 0 Å². The second-order valence-electron chi connectivity index (χ2n) is 8.50. The Morgan fingerprint density at radius 3 is 1.94 bits per heavy atom. The van der Waals surface area contributed by atoms with E-state index in [1.54, 1.807) is 24.3 Å². The van der Waals surface area contributed by atoms with E-state index in [1.807, 2.05) is 0 Å². The maximum atomic E-state index is 13.0. The number of hydrogen-bond donors (Lipinski definition) is 1. The molecule has 0 saturated carbocycles. The zero-order valence-corrected chi connectivity index (χ0v) is 20.6. The SMILES string of the molecule is COc1ccc(S(=O)(=O)N2CCC[C@H](C(=O)Nc3ccc(S(=O)(=O)N4CCCC4)cc3)C2)cc1. The molecule has 1 atom stereocenters. The van der Waals surface area contributed by atoms with Crippen LogP contribution in [-0.4, -0.2) is 64.6 Å². The smallest absolute Gasteiger partial charge is 0.243 e. The third-order valence-corrected chi connectivity index (χ3v) is 10.1. The van der Waals surface area contributed by atoms with Crippen molar-refractivity contribution in [2.45, 2.75) is 35.5 Å². The average molecular weight is 508 g/mol. The van der Waals surface area contributed by atoms with Crippen LogP contribution >= 0.6 is 0 Å². The molecule has 1 N–H and O–H groups in total. The molecule has 0 radical (unpaired) electrons. The average Bonchev–Trinajstić information content (AvgIpc) is 3.41. The number of methoxy groups -OCH3 is 1. The van der Waals surface area contributed by atoms with Gasteiger partial charge in [-0.15, -0.1) is 0 Å². The number of anilines is 1. The minimum atomic E-state index is -3.73. The Morgan fingerprint density at radius 1 is 0.824 bits per heavy atom. The minimum absolute atomic E-state index is 0.0849. The van der Waals surface area contributed by atoms with Gasteiger partial charge in [-0.05, 0) is 74.2 Å². The lowest BCUT2D eigenvalue weighted by atomic mass is 9.99. The summed E-state index contributed by atoms with van der Waals surface area (Å²) >= 11 is 0. The Labute approximate surface area is 200 Å². The van der Waals surface area contributed by atoms with Crippen molar-refractivity contribution in [2.75, 3.05) is 38.6 Å². The maximum absolute atomic E-state index is 13.0. The molecular formula is C23H29N3O6S2. The highest BCUT2D eigenvalue weighted by Crippen LogP contribution is 2.27. The molecule has 1 amide bonds. The molecule has 184 valence electrons. The molecule has 2 aliphatic rings. The van der Waals surface area contributed by atoms with Crippen LogP contribution in [-0.2, 0) is 24.8 Å². The first-order valence-corrected chi connectivity index (χ1v) is 14.1. The van der Waals surface area contributed by atoms with E-state index in [1.165, 1.54) is 40.0 Å².